The Hall–Kier alpha value is -1.58. The molecule has 1 aromatic carbocycles. The van der Waals surface area contributed by atoms with E-state index >= 15 is 0 Å². The van der Waals surface area contributed by atoms with Crippen molar-refractivity contribution in [2.75, 3.05) is 7.05 Å². The number of carbonyl (C=O) groups excluding carboxylic acids is 1. The third-order valence-electron chi connectivity index (χ3n) is 2.71. The molecule has 98 valence electrons. The van der Waals surface area contributed by atoms with E-state index < -0.39 is 0 Å². The standard InChI is InChI=1S/C14H12Cl2N2O/c1-18(14(19)10-5-7-17-8-6-10)9-11-3-2-4-12(15)13(11)16/h2-8H,9H2,1H3. The van der Waals surface area contributed by atoms with Crippen LogP contribution in [0.25, 0.3) is 0 Å². The minimum Gasteiger partial charge on any atom is -0.337 e. The van der Waals surface area contributed by atoms with E-state index in [1.807, 2.05) is 12.1 Å². The Bertz CT molecular complexity index is 587. The molecular formula is C14H12Cl2N2O. The summed E-state index contributed by atoms with van der Waals surface area (Å²) in [5.41, 5.74) is 1.41. The zero-order valence-electron chi connectivity index (χ0n) is 10.3. The van der Waals surface area contributed by atoms with Gasteiger partial charge in [-0.05, 0) is 23.8 Å². The molecule has 0 aliphatic heterocycles. The zero-order chi connectivity index (χ0) is 13.8. The van der Waals surface area contributed by atoms with Crippen LogP contribution < -0.4 is 0 Å². The maximum absolute atomic E-state index is 12.2. The van der Waals surface area contributed by atoms with Crippen molar-refractivity contribution >= 4 is 29.1 Å². The van der Waals surface area contributed by atoms with Gasteiger partial charge < -0.3 is 4.90 Å². The summed E-state index contributed by atoms with van der Waals surface area (Å²) in [6, 6.07) is 8.74. The van der Waals surface area contributed by atoms with Crippen LogP contribution in [0, 0.1) is 0 Å². The molecule has 1 heterocycles. The van der Waals surface area contributed by atoms with E-state index in [4.69, 9.17) is 23.2 Å². The Morgan fingerprint density at radius 1 is 1.21 bits per heavy atom. The molecule has 0 spiro atoms. The zero-order valence-corrected chi connectivity index (χ0v) is 11.8. The second-order valence-electron chi connectivity index (χ2n) is 4.11. The summed E-state index contributed by atoms with van der Waals surface area (Å²) < 4.78 is 0. The summed E-state index contributed by atoms with van der Waals surface area (Å²) in [7, 11) is 1.72. The van der Waals surface area contributed by atoms with Gasteiger partial charge in [-0.15, -0.1) is 0 Å². The molecule has 0 atom stereocenters. The molecule has 5 heteroatoms. The average molecular weight is 295 g/mol. The number of pyridine rings is 1. The lowest BCUT2D eigenvalue weighted by atomic mass is 10.2. The van der Waals surface area contributed by atoms with Crippen LogP contribution in [0.1, 0.15) is 15.9 Å². The number of rotatable bonds is 3. The van der Waals surface area contributed by atoms with Crippen molar-refractivity contribution in [2.45, 2.75) is 6.54 Å². The van der Waals surface area contributed by atoms with Gasteiger partial charge in [0.25, 0.3) is 5.91 Å². The van der Waals surface area contributed by atoms with E-state index in [9.17, 15) is 4.79 Å². The fraction of sp³-hybridized carbons (Fsp3) is 0.143. The molecular weight excluding hydrogens is 283 g/mol. The van der Waals surface area contributed by atoms with Crippen molar-refractivity contribution < 1.29 is 4.79 Å². The summed E-state index contributed by atoms with van der Waals surface area (Å²) in [4.78, 5) is 17.6. The fourth-order valence-electron chi connectivity index (χ4n) is 1.71. The maximum atomic E-state index is 12.2. The van der Waals surface area contributed by atoms with E-state index in [2.05, 4.69) is 4.98 Å². The fourth-order valence-corrected chi connectivity index (χ4v) is 2.09. The van der Waals surface area contributed by atoms with Crippen LogP contribution in [0.4, 0.5) is 0 Å². The predicted molar refractivity (Wildman–Crippen MR) is 76.5 cm³/mol. The number of amides is 1. The number of carbonyl (C=O) groups is 1. The molecule has 19 heavy (non-hydrogen) atoms. The van der Waals surface area contributed by atoms with Gasteiger partial charge in [-0.25, -0.2) is 0 Å². The molecule has 0 N–H and O–H groups in total. The second-order valence-corrected chi connectivity index (χ2v) is 4.90. The van der Waals surface area contributed by atoms with Gasteiger partial charge in [-0.2, -0.15) is 0 Å². The van der Waals surface area contributed by atoms with Gasteiger partial charge in [0, 0.05) is 31.5 Å². The van der Waals surface area contributed by atoms with E-state index in [0.717, 1.165) is 5.56 Å². The Labute approximate surface area is 121 Å². The van der Waals surface area contributed by atoms with E-state index in [1.165, 1.54) is 0 Å². The monoisotopic (exact) mass is 294 g/mol. The normalized spacial score (nSPS) is 10.3. The molecule has 2 rings (SSSR count). The lowest BCUT2D eigenvalue weighted by Crippen LogP contribution is -2.26. The third kappa shape index (κ3) is 3.25. The van der Waals surface area contributed by atoms with Crippen LogP contribution in [0.2, 0.25) is 10.0 Å². The molecule has 0 radical (unpaired) electrons. The smallest absolute Gasteiger partial charge is 0.254 e. The van der Waals surface area contributed by atoms with Crippen LogP contribution in [-0.2, 0) is 6.54 Å². The Morgan fingerprint density at radius 3 is 2.58 bits per heavy atom. The van der Waals surface area contributed by atoms with Crippen LogP contribution in [0.5, 0.6) is 0 Å². The average Bonchev–Trinajstić information content (AvgIpc) is 2.44. The van der Waals surface area contributed by atoms with Gasteiger partial charge in [-0.1, -0.05) is 35.3 Å². The number of hydrogen-bond donors (Lipinski definition) is 0. The molecule has 2 aromatic rings. The first-order valence-electron chi connectivity index (χ1n) is 5.68. The third-order valence-corrected chi connectivity index (χ3v) is 3.57. The van der Waals surface area contributed by atoms with Gasteiger partial charge >= 0.3 is 0 Å². The van der Waals surface area contributed by atoms with Crippen molar-refractivity contribution in [3.8, 4) is 0 Å². The van der Waals surface area contributed by atoms with Crippen molar-refractivity contribution in [3.63, 3.8) is 0 Å². The summed E-state index contributed by atoms with van der Waals surface area (Å²) in [5.74, 6) is -0.0848. The first kappa shape index (κ1) is 13.8. The molecule has 0 aliphatic rings. The molecule has 1 amide bonds. The van der Waals surface area contributed by atoms with Crippen molar-refractivity contribution in [2.24, 2.45) is 0 Å². The van der Waals surface area contributed by atoms with Crippen molar-refractivity contribution in [3.05, 3.63) is 63.9 Å². The van der Waals surface area contributed by atoms with Crippen LogP contribution >= 0.6 is 23.2 Å². The first-order chi connectivity index (χ1) is 9.09. The van der Waals surface area contributed by atoms with Crippen molar-refractivity contribution in [1.82, 2.24) is 9.88 Å². The highest BCUT2D eigenvalue weighted by Gasteiger charge is 2.13. The summed E-state index contributed by atoms with van der Waals surface area (Å²) in [6.07, 6.45) is 3.18. The number of hydrogen-bond acceptors (Lipinski definition) is 2. The van der Waals surface area contributed by atoms with E-state index in [1.54, 1.807) is 42.5 Å². The summed E-state index contributed by atoms with van der Waals surface area (Å²) in [6.45, 7) is 0.403. The quantitative estimate of drug-likeness (QED) is 0.865. The minimum atomic E-state index is -0.0848. The van der Waals surface area contributed by atoms with Crippen molar-refractivity contribution in [1.29, 1.82) is 0 Å². The van der Waals surface area contributed by atoms with Gasteiger partial charge in [0.05, 0.1) is 10.0 Å². The first-order valence-corrected chi connectivity index (χ1v) is 6.43. The molecule has 0 unspecified atom stereocenters. The van der Waals surface area contributed by atoms with Crippen LogP contribution in [0.3, 0.4) is 0 Å². The highest BCUT2D eigenvalue weighted by Crippen LogP contribution is 2.26. The Balaban J connectivity index is 2.15. The number of aromatic nitrogens is 1. The lowest BCUT2D eigenvalue weighted by Gasteiger charge is -2.18. The van der Waals surface area contributed by atoms with Gasteiger partial charge in [-0.3, -0.25) is 9.78 Å². The highest BCUT2D eigenvalue weighted by atomic mass is 35.5. The number of halogens is 2. The molecule has 0 fully saturated rings. The Kier molecular flexibility index (Phi) is 4.40. The topological polar surface area (TPSA) is 33.2 Å². The molecule has 1 aromatic heterocycles. The highest BCUT2D eigenvalue weighted by molar-refractivity contribution is 6.42. The van der Waals surface area contributed by atoms with Gasteiger partial charge in [0.15, 0.2) is 0 Å². The largest absolute Gasteiger partial charge is 0.337 e. The van der Waals surface area contributed by atoms with Gasteiger partial charge in [0.2, 0.25) is 0 Å². The minimum absolute atomic E-state index is 0.0848. The van der Waals surface area contributed by atoms with Crippen LogP contribution in [-0.4, -0.2) is 22.8 Å². The predicted octanol–water partition coefficient (Wildman–Crippen LogP) is 3.66. The second kappa shape index (κ2) is 6.04. The molecule has 3 nitrogen and oxygen atoms in total. The molecule has 0 aliphatic carbocycles. The molecule has 0 saturated carbocycles. The summed E-state index contributed by atoms with van der Waals surface area (Å²) in [5, 5.41) is 0.975. The van der Waals surface area contributed by atoms with E-state index in [0.29, 0.717) is 22.2 Å². The lowest BCUT2D eigenvalue weighted by molar-refractivity contribution is 0.0785. The number of nitrogens with zero attached hydrogens (tertiary/aromatic N) is 2. The maximum Gasteiger partial charge on any atom is 0.254 e. The van der Waals surface area contributed by atoms with Crippen LogP contribution in [0.15, 0.2) is 42.7 Å². The SMILES string of the molecule is CN(Cc1cccc(Cl)c1Cl)C(=O)c1ccncc1. The van der Waals surface area contributed by atoms with Gasteiger partial charge in [0.1, 0.15) is 0 Å². The molecule has 0 bridgehead atoms. The number of benzene rings is 1. The molecule has 0 saturated heterocycles. The van der Waals surface area contributed by atoms with E-state index in [-0.39, 0.29) is 5.91 Å². The Morgan fingerprint density at radius 2 is 1.89 bits per heavy atom. The summed E-state index contributed by atoms with van der Waals surface area (Å²) >= 11 is 12.1.